The minimum Gasteiger partial charge on any atom is -0.481 e. The van der Waals surface area contributed by atoms with Crippen LogP contribution >= 0.6 is 0 Å². The Morgan fingerprint density at radius 2 is 2.00 bits per heavy atom. The number of nitrogens with zero attached hydrogens (tertiary/aromatic N) is 1. The Morgan fingerprint density at radius 3 is 2.60 bits per heavy atom. The van der Waals surface area contributed by atoms with Crippen LogP contribution in [0.5, 0.6) is 0 Å². The van der Waals surface area contributed by atoms with Crippen LogP contribution in [0.3, 0.4) is 0 Å². The monoisotopic (exact) mass is 279 g/mol. The molecule has 1 aromatic carbocycles. The lowest BCUT2D eigenvalue weighted by molar-refractivity contribution is -0.138. The first-order valence-corrected chi connectivity index (χ1v) is 5.44. The maximum atomic E-state index is 12.9. The number of hydrogen-bond acceptors (Lipinski definition) is 4. The van der Waals surface area contributed by atoms with Gasteiger partial charge in [-0.25, -0.2) is 9.18 Å². The largest absolute Gasteiger partial charge is 0.481 e. The number of urea groups is 1. The number of carboxylic acids is 1. The zero-order valence-corrected chi connectivity index (χ0v) is 10.1. The molecule has 3 N–H and O–H groups in total. The molecule has 0 aliphatic heterocycles. The zero-order valence-electron chi connectivity index (χ0n) is 10.1. The van der Waals surface area contributed by atoms with E-state index in [1.807, 2.05) is 5.32 Å². The number of aliphatic carboxylic acids is 1. The van der Waals surface area contributed by atoms with Crippen molar-refractivity contribution in [1.82, 2.24) is 5.32 Å². The van der Waals surface area contributed by atoms with Gasteiger partial charge in [0.15, 0.2) is 0 Å². The Morgan fingerprint density at radius 1 is 1.30 bits per heavy atom. The highest BCUT2D eigenvalue weighted by molar-refractivity contribution is 6.02. The van der Waals surface area contributed by atoms with Gasteiger partial charge in [0.2, 0.25) is 5.91 Å². The predicted molar refractivity (Wildman–Crippen MR) is 65.1 cm³/mol. The van der Waals surface area contributed by atoms with E-state index < -0.39 is 30.1 Å². The quantitative estimate of drug-likeness (QED) is 0.765. The molecule has 0 unspecified atom stereocenters. The molecule has 104 valence electrons. The van der Waals surface area contributed by atoms with E-state index in [1.165, 1.54) is 6.07 Å². The summed E-state index contributed by atoms with van der Waals surface area (Å²) in [4.78, 5) is 32.9. The third-order valence-corrected chi connectivity index (χ3v) is 2.17. The van der Waals surface area contributed by atoms with Gasteiger partial charge >= 0.3 is 12.0 Å². The highest BCUT2D eigenvalue weighted by Gasteiger charge is 2.12. The molecule has 0 atom stereocenters. The van der Waals surface area contributed by atoms with E-state index in [4.69, 9.17) is 10.4 Å². The Labute approximate surface area is 113 Å². The maximum absolute atomic E-state index is 12.9. The van der Waals surface area contributed by atoms with Crippen LogP contribution in [0.25, 0.3) is 0 Å². The third kappa shape index (κ3) is 4.73. The van der Waals surface area contributed by atoms with E-state index in [-0.39, 0.29) is 17.7 Å². The molecule has 3 amide bonds. The van der Waals surface area contributed by atoms with Crippen LogP contribution in [-0.4, -0.2) is 23.0 Å². The van der Waals surface area contributed by atoms with Crippen molar-refractivity contribution >= 4 is 23.6 Å². The lowest BCUT2D eigenvalue weighted by Gasteiger charge is -2.07. The maximum Gasteiger partial charge on any atom is 0.325 e. The van der Waals surface area contributed by atoms with Crippen molar-refractivity contribution in [1.29, 1.82) is 5.26 Å². The van der Waals surface area contributed by atoms with Crippen molar-refractivity contribution in [3.05, 3.63) is 29.6 Å². The Balaban J connectivity index is 2.61. The highest BCUT2D eigenvalue weighted by Crippen LogP contribution is 2.15. The average molecular weight is 279 g/mol. The van der Waals surface area contributed by atoms with E-state index in [0.29, 0.717) is 0 Å². The fraction of sp³-hybridized carbons (Fsp3) is 0.167. The number of carbonyl (C=O) groups is 3. The van der Waals surface area contributed by atoms with Gasteiger partial charge in [0.25, 0.3) is 0 Å². The molecule has 20 heavy (non-hydrogen) atoms. The van der Waals surface area contributed by atoms with Gasteiger partial charge in [0.1, 0.15) is 11.9 Å². The Bertz CT molecular complexity index is 595. The van der Waals surface area contributed by atoms with Crippen LogP contribution in [0.4, 0.5) is 14.9 Å². The number of rotatable bonds is 4. The van der Waals surface area contributed by atoms with E-state index in [9.17, 15) is 18.8 Å². The van der Waals surface area contributed by atoms with Gasteiger partial charge < -0.3 is 10.4 Å². The average Bonchev–Trinajstić information content (AvgIpc) is 2.38. The number of benzene rings is 1. The summed E-state index contributed by atoms with van der Waals surface area (Å²) in [5, 5.41) is 21.2. The molecule has 8 heteroatoms. The first-order valence-electron chi connectivity index (χ1n) is 5.44. The summed E-state index contributed by atoms with van der Waals surface area (Å²) in [5.41, 5.74) is -0.0597. The SMILES string of the molecule is N#Cc1cc(F)ccc1NC(=O)NC(=O)CCC(=O)O. The molecule has 0 aromatic heterocycles. The van der Waals surface area contributed by atoms with Crippen LogP contribution in [0.1, 0.15) is 18.4 Å². The molecule has 0 saturated carbocycles. The zero-order chi connectivity index (χ0) is 15.1. The lowest BCUT2D eigenvalue weighted by atomic mass is 10.2. The van der Waals surface area contributed by atoms with Crippen LogP contribution in [0.2, 0.25) is 0 Å². The molecule has 0 radical (unpaired) electrons. The summed E-state index contributed by atoms with van der Waals surface area (Å²) in [7, 11) is 0. The summed E-state index contributed by atoms with van der Waals surface area (Å²) in [6, 6.07) is 3.92. The van der Waals surface area contributed by atoms with Crippen LogP contribution in [-0.2, 0) is 9.59 Å². The van der Waals surface area contributed by atoms with Gasteiger partial charge in [-0.15, -0.1) is 0 Å². The molecule has 1 rings (SSSR count). The molecule has 0 bridgehead atoms. The van der Waals surface area contributed by atoms with Crippen LogP contribution in [0.15, 0.2) is 18.2 Å². The first-order chi connectivity index (χ1) is 9.42. The molecule has 0 aliphatic rings. The van der Waals surface area contributed by atoms with Crippen molar-refractivity contribution in [3.8, 4) is 6.07 Å². The van der Waals surface area contributed by atoms with Gasteiger partial charge in [-0.2, -0.15) is 5.26 Å². The summed E-state index contributed by atoms with van der Waals surface area (Å²) in [6.07, 6.45) is -0.754. The number of carbonyl (C=O) groups excluding carboxylic acids is 2. The summed E-state index contributed by atoms with van der Waals surface area (Å²) in [6.45, 7) is 0. The second-order valence-electron chi connectivity index (χ2n) is 3.70. The van der Waals surface area contributed by atoms with Crippen molar-refractivity contribution in [2.24, 2.45) is 0 Å². The fourth-order valence-corrected chi connectivity index (χ4v) is 1.28. The third-order valence-electron chi connectivity index (χ3n) is 2.17. The predicted octanol–water partition coefficient (Wildman–Crippen LogP) is 1.21. The molecule has 0 aliphatic carbocycles. The van der Waals surface area contributed by atoms with Crippen molar-refractivity contribution < 1.29 is 23.9 Å². The van der Waals surface area contributed by atoms with Crippen LogP contribution in [0, 0.1) is 17.1 Å². The van der Waals surface area contributed by atoms with Gasteiger partial charge in [-0.3, -0.25) is 14.9 Å². The van der Waals surface area contributed by atoms with E-state index in [2.05, 4.69) is 5.32 Å². The molecular formula is C12H10FN3O4. The molecule has 7 nitrogen and oxygen atoms in total. The number of halogens is 1. The standard InChI is InChI=1S/C12H10FN3O4/c13-8-1-2-9(7(5-8)6-14)15-12(20)16-10(17)3-4-11(18)19/h1-2,5H,3-4H2,(H,18,19)(H2,15,16,17,20). The summed E-state index contributed by atoms with van der Waals surface area (Å²) < 4.78 is 12.9. The van der Waals surface area contributed by atoms with E-state index >= 15 is 0 Å². The van der Waals surface area contributed by atoms with Crippen molar-refractivity contribution in [2.45, 2.75) is 12.8 Å². The molecular weight excluding hydrogens is 269 g/mol. The number of amides is 3. The minimum absolute atomic E-state index is 0.0393. The number of carboxylic acid groups (broad SMARTS) is 1. The second kappa shape index (κ2) is 6.84. The van der Waals surface area contributed by atoms with Crippen molar-refractivity contribution in [2.75, 3.05) is 5.32 Å². The lowest BCUT2D eigenvalue weighted by Crippen LogP contribution is -2.34. The molecule has 0 heterocycles. The number of imide groups is 1. The van der Waals surface area contributed by atoms with Gasteiger partial charge in [-0.05, 0) is 18.2 Å². The molecule has 1 aromatic rings. The first kappa shape index (κ1) is 15.1. The minimum atomic E-state index is -1.16. The highest BCUT2D eigenvalue weighted by atomic mass is 19.1. The van der Waals surface area contributed by atoms with Crippen LogP contribution < -0.4 is 10.6 Å². The Kier molecular flexibility index (Phi) is 5.17. The van der Waals surface area contributed by atoms with Gasteiger partial charge in [0, 0.05) is 6.42 Å². The fourth-order valence-electron chi connectivity index (χ4n) is 1.28. The number of anilines is 1. The summed E-state index contributed by atoms with van der Waals surface area (Å²) in [5.74, 6) is -2.57. The van der Waals surface area contributed by atoms with E-state index in [0.717, 1.165) is 12.1 Å². The van der Waals surface area contributed by atoms with Gasteiger partial charge in [-0.1, -0.05) is 0 Å². The number of hydrogen-bond donors (Lipinski definition) is 3. The number of nitrogens with one attached hydrogen (secondary N) is 2. The number of nitriles is 1. The molecule has 0 saturated heterocycles. The molecule has 0 spiro atoms. The van der Waals surface area contributed by atoms with Gasteiger partial charge in [0.05, 0.1) is 17.7 Å². The Hall–Kier alpha value is -2.95. The topological polar surface area (TPSA) is 119 Å². The smallest absolute Gasteiger partial charge is 0.325 e. The van der Waals surface area contributed by atoms with Crippen molar-refractivity contribution in [3.63, 3.8) is 0 Å². The van der Waals surface area contributed by atoms with E-state index in [1.54, 1.807) is 6.07 Å². The molecule has 0 fully saturated rings. The normalized spacial score (nSPS) is 9.40. The summed E-state index contributed by atoms with van der Waals surface area (Å²) >= 11 is 0. The second-order valence-corrected chi connectivity index (χ2v) is 3.70.